The van der Waals surface area contributed by atoms with Crippen molar-refractivity contribution in [3.63, 3.8) is 0 Å². The Morgan fingerprint density at radius 2 is 1.87 bits per heavy atom. The van der Waals surface area contributed by atoms with Crippen molar-refractivity contribution >= 4 is 17.2 Å². The second-order valence-corrected chi connectivity index (χ2v) is 8.66. The number of aromatic nitrogens is 1. The Morgan fingerprint density at radius 3 is 2.55 bits per heavy atom. The van der Waals surface area contributed by atoms with Crippen LogP contribution in [0, 0.1) is 11.3 Å². The third-order valence-electron chi connectivity index (χ3n) is 5.09. The zero-order chi connectivity index (χ0) is 22.2. The Labute approximate surface area is 188 Å². The molecule has 0 radical (unpaired) electrons. The van der Waals surface area contributed by atoms with Crippen molar-refractivity contribution in [2.24, 2.45) is 0 Å². The number of rotatable bonds is 9. The standard InChI is InChI=1S/C25H28N4OS/c1-4-19-8-10-22(11-9-19)25-27-23(18-31-25)15-24(30)29(13-12-28(2)3)17-21-7-5-6-20(14-21)16-26/h5-11,14,18H,4,12-13,15,17H2,1-3H3. The summed E-state index contributed by atoms with van der Waals surface area (Å²) in [6.45, 7) is 4.02. The van der Waals surface area contributed by atoms with E-state index in [2.05, 4.69) is 42.2 Å². The molecule has 2 aromatic carbocycles. The van der Waals surface area contributed by atoms with Gasteiger partial charge in [-0.05, 0) is 43.8 Å². The van der Waals surface area contributed by atoms with Gasteiger partial charge < -0.3 is 9.80 Å². The van der Waals surface area contributed by atoms with Gasteiger partial charge >= 0.3 is 0 Å². The molecule has 160 valence electrons. The average Bonchev–Trinajstić information content (AvgIpc) is 3.25. The van der Waals surface area contributed by atoms with Crippen LogP contribution in [0.1, 0.15) is 29.3 Å². The van der Waals surface area contributed by atoms with Crippen molar-refractivity contribution in [1.82, 2.24) is 14.8 Å². The number of hydrogen-bond donors (Lipinski definition) is 0. The van der Waals surface area contributed by atoms with Crippen molar-refractivity contribution in [3.05, 3.63) is 76.3 Å². The second kappa shape index (κ2) is 10.9. The summed E-state index contributed by atoms with van der Waals surface area (Å²) in [5, 5.41) is 12.1. The molecule has 0 aliphatic rings. The van der Waals surface area contributed by atoms with Crippen LogP contribution in [0.5, 0.6) is 0 Å². The lowest BCUT2D eigenvalue weighted by atomic mass is 10.1. The van der Waals surface area contributed by atoms with Crippen LogP contribution in [0.15, 0.2) is 53.9 Å². The van der Waals surface area contributed by atoms with E-state index in [-0.39, 0.29) is 12.3 Å². The van der Waals surface area contributed by atoms with Crippen LogP contribution in [0.25, 0.3) is 10.6 Å². The highest BCUT2D eigenvalue weighted by Crippen LogP contribution is 2.24. The molecule has 0 fully saturated rings. The second-order valence-electron chi connectivity index (χ2n) is 7.80. The lowest BCUT2D eigenvalue weighted by Crippen LogP contribution is -2.37. The van der Waals surface area contributed by atoms with Crippen molar-refractivity contribution < 1.29 is 4.79 Å². The Bertz CT molecular complexity index is 1050. The van der Waals surface area contributed by atoms with Gasteiger partial charge in [-0.3, -0.25) is 4.79 Å². The monoisotopic (exact) mass is 432 g/mol. The summed E-state index contributed by atoms with van der Waals surface area (Å²) in [6, 6.07) is 18.0. The van der Waals surface area contributed by atoms with Crippen molar-refractivity contribution in [2.75, 3.05) is 27.2 Å². The lowest BCUT2D eigenvalue weighted by molar-refractivity contribution is -0.131. The summed E-state index contributed by atoms with van der Waals surface area (Å²) in [4.78, 5) is 21.7. The molecular weight excluding hydrogens is 404 g/mol. The van der Waals surface area contributed by atoms with E-state index >= 15 is 0 Å². The largest absolute Gasteiger partial charge is 0.337 e. The summed E-state index contributed by atoms with van der Waals surface area (Å²) in [5.74, 6) is 0.0439. The number of aryl methyl sites for hydroxylation is 1. The summed E-state index contributed by atoms with van der Waals surface area (Å²) in [6.07, 6.45) is 1.28. The summed E-state index contributed by atoms with van der Waals surface area (Å²) < 4.78 is 0. The third-order valence-corrected chi connectivity index (χ3v) is 6.03. The van der Waals surface area contributed by atoms with Gasteiger partial charge in [0.1, 0.15) is 5.01 Å². The van der Waals surface area contributed by atoms with Crippen molar-refractivity contribution in [3.8, 4) is 16.6 Å². The Hall–Kier alpha value is -3.01. The summed E-state index contributed by atoms with van der Waals surface area (Å²) >= 11 is 1.57. The number of carbonyl (C=O) groups excluding carboxylic acids is 1. The summed E-state index contributed by atoms with van der Waals surface area (Å²) in [7, 11) is 3.99. The summed E-state index contributed by atoms with van der Waals surface area (Å²) in [5.41, 5.74) is 4.74. The smallest absolute Gasteiger partial charge is 0.228 e. The lowest BCUT2D eigenvalue weighted by Gasteiger charge is -2.24. The Morgan fingerprint density at radius 1 is 1.10 bits per heavy atom. The van der Waals surface area contributed by atoms with Gasteiger partial charge in [-0.25, -0.2) is 4.98 Å². The quantitative estimate of drug-likeness (QED) is 0.504. The number of hydrogen-bond acceptors (Lipinski definition) is 5. The van der Waals surface area contributed by atoms with Gasteiger partial charge in [0.15, 0.2) is 0 Å². The van der Waals surface area contributed by atoms with Gasteiger partial charge in [-0.2, -0.15) is 5.26 Å². The molecule has 0 bridgehead atoms. The average molecular weight is 433 g/mol. The van der Waals surface area contributed by atoms with Crippen molar-refractivity contribution in [1.29, 1.82) is 5.26 Å². The van der Waals surface area contributed by atoms with Crippen LogP contribution < -0.4 is 0 Å². The highest BCUT2D eigenvalue weighted by Gasteiger charge is 2.17. The van der Waals surface area contributed by atoms with Crippen LogP contribution >= 0.6 is 11.3 Å². The third kappa shape index (κ3) is 6.48. The zero-order valence-electron chi connectivity index (χ0n) is 18.3. The fourth-order valence-corrected chi connectivity index (χ4v) is 4.07. The van der Waals surface area contributed by atoms with Gasteiger partial charge in [0, 0.05) is 30.6 Å². The highest BCUT2D eigenvalue weighted by atomic mass is 32.1. The van der Waals surface area contributed by atoms with Crippen LogP contribution in [0.4, 0.5) is 0 Å². The maximum Gasteiger partial charge on any atom is 0.228 e. The number of benzene rings is 2. The number of carbonyl (C=O) groups is 1. The number of thiazole rings is 1. The number of amides is 1. The van der Waals surface area contributed by atoms with E-state index in [0.717, 1.165) is 34.8 Å². The molecule has 0 aliphatic carbocycles. The number of likely N-dealkylation sites (N-methyl/N-ethyl adjacent to an activating group) is 1. The molecule has 0 unspecified atom stereocenters. The van der Waals surface area contributed by atoms with E-state index in [4.69, 9.17) is 10.2 Å². The fourth-order valence-electron chi connectivity index (χ4n) is 3.24. The molecule has 0 N–H and O–H groups in total. The first-order chi connectivity index (χ1) is 15.0. The zero-order valence-corrected chi connectivity index (χ0v) is 19.2. The first-order valence-corrected chi connectivity index (χ1v) is 11.3. The molecule has 0 aliphatic heterocycles. The predicted molar refractivity (Wildman–Crippen MR) is 126 cm³/mol. The van der Waals surface area contributed by atoms with Crippen LogP contribution in [0.3, 0.4) is 0 Å². The van der Waals surface area contributed by atoms with E-state index in [9.17, 15) is 4.79 Å². The number of nitrogens with zero attached hydrogens (tertiary/aromatic N) is 4. The van der Waals surface area contributed by atoms with E-state index in [0.29, 0.717) is 18.7 Å². The highest BCUT2D eigenvalue weighted by molar-refractivity contribution is 7.13. The maximum absolute atomic E-state index is 13.1. The Balaban J connectivity index is 1.71. The molecule has 31 heavy (non-hydrogen) atoms. The normalized spacial score (nSPS) is 10.8. The van der Waals surface area contributed by atoms with E-state index < -0.39 is 0 Å². The topological polar surface area (TPSA) is 60.2 Å². The molecule has 1 heterocycles. The molecule has 6 heteroatoms. The van der Waals surface area contributed by atoms with Crippen LogP contribution in [0.2, 0.25) is 0 Å². The molecule has 1 aromatic heterocycles. The molecular formula is C25H28N4OS. The molecule has 5 nitrogen and oxygen atoms in total. The molecule has 0 spiro atoms. The molecule has 0 atom stereocenters. The molecule has 0 saturated carbocycles. The first kappa shape index (κ1) is 22.7. The first-order valence-electron chi connectivity index (χ1n) is 10.4. The number of nitriles is 1. The van der Waals surface area contributed by atoms with E-state index in [1.165, 1.54) is 5.56 Å². The fraction of sp³-hybridized carbons (Fsp3) is 0.320. The molecule has 3 aromatic rings. The minimum Gasteiger partial charge on any atom is -0.337 e. The Kier molecular flexibility index (Phi) is 7.94. The van der Waals surface area contributed by atoms with Crippen molar-refractivity contribution in [2.45, 2.75) is 26.3 Å². The van der Waals surface area contributed by atoms with E-state index in [1.54, 1.807) is 17.4 Å². The van der Waals surface area contributed by atoms with Gasteiger partial charge in [-0.15, -0.1) is 11.3 Å². The van der Waals surface area contributed by atoms with Gasteiger partial charge in [-0.1, -0.05) is 43.3 Å². The SMILES string of the molecule is CCc1ccc(-c2nc(CC(=O)N(CCN(C)C)Cc3cccc(C#N)c3)cs2)cc1. The van der Waals surface area contributed by atoms with Gasteiger partial charge in [0.2, 0.25) is 5.91 Å². The van der Waals surface area contributed by atoms with E-state index in [1.807, 2.05) is 42.6 Å². The minimum atomic E-state index is 0.0439. The minimum absolute atomic E-state index is 0.0439. The predicted octanol–water partition coefficient (Wildman–Crippen LogP) is 4.38. The van der Waals surface area contributed by atoms with Crippen LogP contribution in [-0.2, 0) is 24.2 Å². The van der Waals surface area contributed by atoms with Crippen LogP contribution in [-0.4, -0.2) is 47.9 Å². The molecule has 3 rings (SSSR count). The van der Waals surface area contributed by atoms with Gasteiger partial charge in [0.25, 0.3) is 0 Å². The molecule has 0 saturated heterocycles. The molecule has 1 amide bonds. The van der Waals surface area contributed by atoms with Gasteiger partial charge in [0.05, 0.1) is 23.7 Å². The maximum atomic E-state index is 13.1.